The lowest BCUT2D eigenvalue weighted by Gasteiger charge is -2.30. The minimum atomic E-state index is -1.09. The third-order valence-electron chi connectivity index (χ3n) is 5.58. The highest BCUT2D eigenvalue weighted by Crippen LogP contribution is 2.44. The van der Waals surface area contributed by atoms with Gasteiger partial charge < -0.3 is 4.74 Å². The number of ether oxygens (including phenoxy) is 1. The molecule has 132 valence electrons. The van der Waals surface area contributed by atoms with Crippen molar-refractivity contribution in [1.82, 2.24) is 0 Å². The van der Waals surface area contributed by atoms with E-state index >= 15 is 0 Å². The smallest absolute Gasteiger partial charge is 0.176 e. The molecule has 0 radical (unpaired) electrons. The fourth-order valence-corrected chi connectivity index (χ4v) is 4.73. The lowest BCUT2D eigenvalue weighted by atomic mass is 9.90. The summed E-state index contributed by atoms with van der Waals surface area (Å²) in [6, 6.07) is 5.97. The first kappa shape index (κ1) is 16.9. The first-order chi connectivity index (χ1) is 12.1. The summed E-state index contributed by atoms with van der Waals surface area (Å²) in [7, 11) is 0. The molecule has 0 aromatic heterocycles. The van der Waals surface area contributed by atoms with Crippen molar-refractivity contribution in [2.75, 3.05) is 0 Å². The molecule has 4 rings (SSSR count). The minimum absolute atomic E-state index is 0.143. The maximum Gasteiger partial charge on any atom is 0.176 e. The van der Waals surface area contributed by atoms with Gasteiger partial charge in [-0.1, -0.05) is 31.0 Å². The molecule has 5 heteroatoms. The highest BCUT2D eigenvalue weighted by Gasteiger charge is 2.49. The molecule has 0 heterocycles. The number of allylic oxidation sites excluding steroid dienone is 1. The van der Waals surface area contributed by atoms with Crippen molar-refractivity contribution < 1.29 is 18.7 Å². The molecule has 0 spiro atoms. The van der Waals surface area contributed by atoms with Crippen LogP contribution in [0.1, 0.15) is 50.0 Å². The monoisotopic (exact) mass is 362 g/mol. The lowest BCUT2D eigenvalue weighted by molar-refractivity contribution is -0.123. The van der Waals surface area contributed by atoms with Crippen molar-refractivity contribution in [3.05, 3.63) is 46.8 Å². The van der Waals surface area contributed by atoms with Gasteiger partial charge in [0.1, 0.15) is 11.7 Å². The summed E-state index contributed by atoms with van der Waals surface area (Å²) in [5, 5.41) is -0.627. The Balaban J connectivity index is 1.60. The summed E-state index contributed by atoms with van der Waals surface area (Å²) in [6.07, 6.45) is 5.42. The first-order valence-corrected chi connectivity index (χ1v) is 9.37. The van der Waals surface area contributed by atoms with Gasteiger partial charge in [0.05, 0.1) is 17.6 Å². The van der Waals surface area contributed by atoms with Gasteiger partial charge >= 0.3 is 0 Å². The highest BCUT2D eigenvalue weighted by atomic mass is 35.5. The molecule has 0 amide bonds. The lowest BCUT2D eigenvalue weighted by Crippen LogP contribution is -2.35. The Hall–Kier alpha value is -1.52. The molecule has 1 saturated carbocycles. The molecule has 25 heavy (non-hydrogen) atoms. The second kappa shape index (κ2) is 6.65. The van der Waals surface area contributed by atoms with Crippen LogP contribution in [0.3, 0.4) is 0 Å². The fraction of sp³-hybridized carbons (Fsp3) is 0.500. The number of halogens is 2. The Bertz CT molecular complexity index is 751. The summed E-state index contributed by atoms with van der Waals surface area (Å²) >= 11 is 6.57. The van der Waals surface area contributed by atoms with E-state index in [1.165, 1.54) is 12.1 Å². The zero-order valence-electron chi connectivity index (χ0n) is 13.8. The number of alkyl halides is 1. The van der Waals surface area contributed by atoms with Gasteiger partial charge in [0, 0.05) is 16.7 Å². The Morgan fingerprint density at radius 3 is 2.48 bits per heavy atom. The number of benzene rings is 1. The van der Waals surface area contributed by atoms with Gasteiger partial charge in [-0.05, 0) is 31.7 Å². The van der Waals surface area contributed by atoms with Crippen molar-refractivity contribution in [2.24, 2.45) is 0 Å². The first-order valence-electron chi connectivity index (χ1n) is 8.93. The Morgan fingerprint density at radius 2 is 1.76 bits per heavy atom. The van der Waals surface area contributed by atoms with Crippen molar-refractivity contribution >= 4 is 23.2 Å². The van der Waals surface area contributed by atoms with Gasteiger partial charge in [-0.15, -0.1) is 11.6 Å². The third-order valence-corrected chi connectivity index (χ3v) is 6.08. The molecular formula is C20H20ClFO3. The molecule has 1 fully saturated rings. The van der Waals surface area contributed by atoms with E-state index in [0.717, 1.165) is 25.7 Å². The molecule has 3 unspecified atom stereocenters. The van der Waals surface area contributed by atoms with Crippen LogP contribution in [-0.4, -0.2) is 29.2 Å². The fourth-order valence-electron chi connectivity index (χ4n) is 4.31. The number of hydrogen-bond acceptors (Lipinski definition) is 3. The van der Waals surface area contributed by atoms with E-state index in [4.69, 9.17) is 16.3 Å². The molecule has 3 aliphatic rings. The molecule has 3 aliphatic carbocycles. The normalized spacial score (nSPS) is 30.2. The van der Waals surface area contributed by atoms with E-state index in [0.29, 0.717) is 24.0 Å². The van der Waals surface area contributed by atoms with Crippen molar-refractivity contribution in [2.45, 2.75) is 62.0 Å². The SMILES string of the molecule is O=C1C2=C(C(=O)C1c1ccccc1F)C(Cl)C(OC1CCCC1)CC2. The quantitative estimate of drug-likeness (QED) is 0.601. The highest BCUT2D eigenvalue weighted by molar-refractivity contribution is 6.35. The molecule has 0 N–H and O–H groups in total. The summed E-state index contributed by atoms with van der Waals surface area (Å²) in [6.45, 7) is 0. The topological polar surface area (TPSA) is 43.4 Å². The zero-order chi connectivity index (χ0) is 17.6. The van der Waals surface area contributed by atoms with Gasteiger partial charge in [0.2, 0.25) is 0 Å². The number of rotatable bonds is 3. The van der Waals surface area contributed by atoms with Gasteiger partial charge in [-0.25, -0.2) is 4.39 Å². The Labute approximate surface area is 151 Å². The van der Waals surface area contributed by atoms with Crippen LogP contribution in [0.5, 0.6) is 0 Å². The Kier molecular flexibility index (Phi) is 4.50. The molecular weight excluding hydrogens is 343 g/mol. The second-order valence-corrected chi connectivity index (χ2v) is 7.57. The summed E-state index contributed by atoms with van der Waals surface area (Å²) in [5.74, 6) is -2.27. The average molecular weight is 363 g/mol. The maximum atomic E-state index is 14.1. The van der Waals surface area contributed by atoms with Gasteiger partial charge in [0.15, 0.2) is 11.6 Å². The molecule has 0 saturated heterocycles. The molecule has 0 aliphatic heterocycles. The largest absolute Gasteiger partial charge is 0.373 e. The van der Waals surface area contributed by atoms with Crippen LogP contribution in [-0.2, 0) is 14.3 Å². The number of carbonyl (C=O) groups is 2. The van der Waals surface area contributed by atoms with Crippen LogP contribution < -0.4 is 0 Å². The molecule has 0 bridgehead atoms. The summed E-state index contributed by atoms with van der Waals surface area (Å²) < 4.78 is 20.2. The summed E-state index contributed by atoms with van der Waals surface area (Å²) in [4.78, 5) is 25.7. The van der Waals surface area contributed by atoms with Crippen LogP contribution in [0, 0.1) is 5.82 Å². The van der Waals surface area contributed by atoms with E-state index < -0.39 is 17.1 Å². The van der Waals surface area contributed by atoms with E-state index in [1.54, 1.807) is 12.1 Å². The number of ketones is 2. The zero-order valence-corrected chi connectivity index (χ0v) is 14.6. The number of carbonyl (C=O) groups excluding carboxylic acids is 2. The molecule has 3 atom stereocenters. The van der Waals surface area contributed by atoms with Crippen molar-refractivity contribution in [1.29, 1.82) is 0 Å². The van der Waals surface area contributed by atoms with Crippen LogP contribution in [0.2, 0.25) is 0 Å². The van der Waals surface area contributed by atoms with E-state index in [9.17, 15) is 14.0 Å². The van der Waals surface area contributed by atoms with Crippen LogP contribution >= 0.6 is 11.6 Å². The minimum Gasteiger partial charge on any atom is -0.373 e. The predicted octanol–water partition coefficient (Wildman–Crippen LogP) is 4.09. The molecule has 1 aromatic carbocycles. The van der Waals surface area contributed by atoms with Crippen molar-refractivity contribution in [3.8, 4) is 0 Å². The van der Waals surface area contributed by atoms with Gasteiger partial charge in [0.25, 0.3) is 0 Å². The van der Waals surface area contributed by atoms with E-state index in [2.05, 4.69) is 0 Å². The standard InChI is InChI=1S/C20H20ClFO3/c21-18-15(25-11-5-1-2-6-11)10-9-13-16(18)20(24)17(19(13)23)12-7-3-4-8-14(12)22/h3-4,7-8,11,15,17-18H,1-2,5-6,9-10H2. The van der Waals surface area contributed by atoms with Crippen LogP contribution in [0.4, 0.5) is 4.39 Å². The van der Waals surface area contributed by atoms with Crippen LogP contribution in [0.15, 0.2) is 35.4 Å². The summed E-state index contributed by atoms with van der Waals surface area (Å²) in [5.41, 5.74) is 0.975. The van der Waals surface area contributed by atoms with E-state index in [1.807, 2.05) is 0 Å². The Morgan fingerprint density at radius 1 is 1.04 bits per heavy atom. The molecule has 3 nitrogen and oxygen atoms in total. The van der Waals surface area contributed by atoms with Crippen molar-refractivity contribution in [3.63, 3.8) is 0 Å². The number of hydrogen-bond donors (Lipinski definition) is 0. The van der Waals surface area contributed by atoms with Gasteiger partial charge in [-0.2, -0.15) is 0 Å². The predicted molar refractivity (Wildman–Crippen MR) is 92.2 cm³/mol. The van der Waals surface area contributed by atoms with E-state index in [-0.39, 0.29) is 29.3 Å². The third kappa shape index (κ3) is 2.85. The van der Waals surface area contributed by atoms with Gasteiger partial charge in [-0.3, -0.25) is 9.59 Å². The number of Topliss-reactive ketones (excluding diaryl/α,β-unsaturated/α-hetero) is 2. The second-order valence-electron chi connectivity index (χ2n) is 7.10. The maximum absolute atomic E-state index is 14.1. The van der Waals surface area contributed by atoms with Crippen LogP contribution in [0.25, 0.3) is 0 Å². The molecule has 1 aromatic rings. The average Bonchev–Trinajstić information content (AvgIpc) is 3.19.